The minimum Gasteiger partial charge on any atom is -0.488 e. The second-order valence-corrected chi connectivity index (χ2v) is 8.03. The van der Waals surface area contributed by atoms with Gasteiger partial charge in [0.15, 0.2) is 0 Å². The Morgan fingerprint density at radius 3 is 2.96 bits per heavy atom. The van der Waals surface area contributed by atoms with E-state index in [4.69, 9.17) is 4.74 Å². The first-order valence-corrected chi connectivity index (χ1v) is 9.04. The van der Waals surface area contributed by atoms with Crippen molar-refractivity contribution in [1.29, 1.82) is 0 Å². The van der Waals surface area contributed by atoms with E-state index < -0.39 is 0 Å². The lowest BCUT2D eigenvalue weighted by Crippen LogP contribution is -2.60. The van der Waals surface area contributed by atoms with Crippen LogP contribution < -0.4 is 4.74 Å². The Bertz CT molecular complexity index is 747. The zero-order valence-corrected chi connectivity index (χ0v) is 14.3. The average Bonchev–Trinajstić information content (AvgIpc) is 2.98. The van der Waals surface area contributed by atoms with Crippen LogP contribution in [0.1, 0.15) is 22.3 Å². The molecule has 2 saturated heterocycles. The van der Waals surface area contributed by atoms with Crippen LogP contribution in [0.5, 0.6) is 5.75 Å². The fourth-order valence-electron chi connectivity index (χ4n) is 3.36. The molecule has 2 aliphatic rings. The summed E-state index contributed by atoms with van der Waals surface area (Å²) in [6.45, 7) is 3.53. The minimum atomic E-state index is 0.0778. The maximum Gasteiger partial charge on any atom is 0.255 e. The van der Waals surface area contributed by atoms with Gasteiger partial charge in [-0.05, 0) is 30.7 Å². The van der Waals surface area contributed by atoms with E-state index in [9.17, 15) is 4.79 Å². The molecule has 24 heavy (non-hydrogen) atoms. The van der Waals surface area contributed by atoms with Crippen LogP contribution >= 0.6 is 11.8 Å². The van der Waals surface area contributed by atoms with Crippen molar-refractivity contribution < 1.29 is 9.53 Å². The summed E-state index contributed by atoms with van der Waals surface area (Å²) in [5.74, 6) is 1.86. The SMILES string of the molecule is Cc1cncc(C(=O)N2CC3(C[C@@H](Oc4cccnc4)CS3)C2)c1. The number of carbonyl (C=O) groups is 1. The van der Waals surface area contributed by atoms with Crippen molar-refractivity contribution in [1.82, 2.24) is 14.9 Å². The number of thioether (sulfide) groups is 1. The molecule has 1 spiro atoms. The average molecular weight is 341 g/mol. The van der Waals surface area contributed by atoms with E-state index in [2.05, 4.69) is 9.97 Å². The standard InChI is InChI=1S/C18H19N3O2S/c1-13-5-14(8-20-7-13)17(22)21-11-18(12-21)6-16(10-24-18)23-15-3-2-4-19-9-15/h2-5,7-9,16H,6,10-12H2,1H3/t16-/m1/s1. The summed E-state index contributed by atoms with van der Waals surface area (Å²) in [5, 5.41) is 0. The van der Waals surface area contributed by atoms with Gasteiger partial charge in [0.2, 0.25) is 0 Å². The van der Waals surface area contributed by atoms with Crippen LogP contribution in [-0.4, -0.2) is 50.5 Å². The first-order chi connectivity index (χ1) is 11.6. The Balaban J connectivity index is 1.34. The topological polar surface area (TPSA) is 55.3 Å². The molecule has 0 radical (unpaired) electrons. The van der Waals surface area contributed by atoms with Gasteiger partial charge in [0.25, 0.3) is 5.91 Å². The maximum atomic E-state index is 12.5. The van der Waals surface area contributed by atoms with Crippen molar-refractivity contribution in [3.05, 3.63) is 54.1 Å². The molecule has 2 aliphatic heterocycles. The molecule has 0 unspecified atom stereocenters. The number of carbonyl (C=O) groups excluding carboxylic acids is 1. The normalized spacial score (nSPS) is 21.5. The number of amides is 1. The van der Waals surface area contributed by atoms with E-state index in [0.717, 1.165) is 36.6 Å². The van der Waals surface area contributed by atoms with E-state index in [1.165, 1.54) is 0 Å². The minimum absolute atomic E-state index is 0.0778. The van der Waals surface area contributed by atoms with Gasteiger partial charge in [-0.1, -0.05) is 0 Å². The zero-order chi connectivity index (χ0) is 16.6. The summed E-state index contributed by atoms with van der Waals surface area (Å²) in [5.41, 5.74) is 1.69. The van der Waals surface area contributed by atoms with Gasteiger partial charge in [-0.3, -0.25) is 14.8 Å². The summed E-state index contributed by atoms with van der Waals surface area (Å²) >= 11 is 1.92. The van der Waals surface area contributed by atoms with Crippen molar-refractivity contribution in [3.63, 3.8) is 0 Å². The number of aryl methyl sites for hydroxylation is 1. The highest BCUT2D eigenvalue weighted by molar-refractivity contribution is 8.01. The lowest BCUT2D eigenvalue weighted by molar-refractivity contribution is 0.0517. The maximum absolute atomic E-state index is 12.5. The van der Waals surface area contributed by atoms with Crippen molar-refractivity contribution in [2.45, 2.75) is 24.2 Å². The highest BCUT2D eigenvalue weighted by Crippen LogP contribution is 2.46. The van der Waals surface area contributed by atoms with Gasteiger partial charge in [-0.2, -0.15) is 0 Å². The van der Waals surface area contributed by atoms with Crippen LogP contribution in [0.15, 0.2) is 43.0 Å². The van der Waals surface area contributed by atoms with E-state index >= 15 is 0 Å². The van der Waals surface area contributed by atoms with Gasteiger partial charge in [-0.25, -0.2) is 0 Å². The highest BCUT2D eigenvalue weighted by atomic mass is 32.2. The summed E-state index contributed by atoms with van der Waals surface area (Å²) in [4.78, 5) is 22.6. The number of rotatable bonds is 3. The van der Waals surface area contributed by atoms with Crippen molar-refractivity contribution in [3.8, 4) is 5.75 Å². The molecule has 0 saturated carbocycles. The van der Waals surface area contributed by atoms with Crippen molar-refractivity contribution in [2.24, 2.45) is 0 Å². The number of hydrogen-bond donors (Lipinski definition) is 0. The second kappa shape index (κ2) is 6.09. The first kappa shape index (κ1) is 15.4. The largest absolute Gasteiger partial charge is 0.488 e. The summed E-state index contributed by atoms with van der Waals surface area (Å²) in [7, 11) is 0. The van der Waals surface area contributed by atoms with Gasteiger partial charge in [0.05, 0.1) is 16.5 Å². The Morgan fingerprint density at radius 2 is 2.21 bits per heavy atom. The lowest BCUT2D eigenvalue weighted by Gasteiger charge is -2.47. The predicted molar refractivity (Wildman–Crippen MR) is 93.3 cm³/mol. The molecule has 5 nitrogen and oxygen atoms in total. The van der Waals surface area contributed by atoms with E-state index in [1.54, 1.807) is 24.8 Å². The number of nitrogens with zero attached hydrogens (tertiary/aromatic N) is 3. The molecule has 0 aliphatic carbocycles. The summed E-state index contributed by atoms with van der Waals surface area (Å²) in [6.07, 6.45) is 8.07. The molecular weight excluding hydrogens is 322 g/mol. The zero-order valence-electron chi connectivity index (χ0n) is 13.5. The third kappa shape index (κ3) is 2.98. The molecule has 124 valence electrons. The number of ether oxygens (including phenoxy) is 1. The van der Waals surface area contributed by atoms with Crippen LogP contribution in [-0.2, 0) is 0 Å². The molecule has 1 atom stereocenters. The van der Waals surface area contributed by atoms with Gasteiger partial charge < -0.3 is 9.64 Å². The predicted octanol–water partition coefficient (Wildman–Crippen LogP) is 2.56. The molecule has 2 aromatic heterocycles. The Hall–Kier alpha value is -2.08. The van der Waals surface area contributed by atoms with E-state index in [0.29, 0.717) is 5.56 Å². The van der Waals surface area contributed by atoms with Gasteiger partial charge in [-0.15, -0.1) is 11.8 Å². The van der Waals surface area contributed by atoms with Crippen molar-refractivity contribution >= 4 is 17.7 Å². The smallest absolute Gasteiger partial charge is 0.255 e. The van der Waals surface area contributed by atoms with Crippen LogP contribution in [0.25, 0.3) is 0 Å². The Morgan fingerprint density at radius 1 is 1.33 bits per heavy atom. The van der Waals surface area contributed by atoms with E-state index in [-0.39, 0.29) is 16.8 Å². The van der Waals surface area contributed by atoms with Crippen LogP contribution in [0, 0.1) is 6.92 Å². The van der Waals surface area contributed by atoms with Gasteiger partial charge in [0, 0.05) is 43.9 Å². The number of pyridine rings is 2. The first-order valence-electron chi connectivity index (χ1n) is 8.05. The quantitative estimate of drug-likeness (QED) is 0.859. The molecule has 0 aromatic carbocycles. The fourth-order valence-corrected chi connectivity index (χ4v) is 4.88. The molecule has 1 amide bonds. The van der Waals surface area contributed by atoms with Gasteiger partial charge >= 0.3 is 0 Å². The third-order valence-electron chi connectivity index (χ3n) is 4.48. The summed E-state index contributed by atoms with van der Waals surface area (Å²) < 4.78 is 6.16. The van der Waals surface area contributed by atoms with Gasteiger partial charge in [0.1, 0.15) is 11.9 Å². The monoisotopic (exact) mass is 341 g/mol. The second-order valence-electron chi connectivity index (χ2n) is 6.54. The number of hydrogen-bond acceptors (Lipinski definition) is 5. The molecule has 0 bridgehead atoms. The molecule has 6 heteroatoms. The molecular formula is C18H19N3O2S. The fraction of sp³-hybridized carbons (Fsp3) is 0.389. The summed E-state index contributed by atoms with van der Waals surface area (Å²) in [6, 6.07) is 5.72. The van der Waals surface area contributed by atoms with E-state index in [1.807, 2.05) is 41.8 Å². The van der Waals surface area contributed by atoms with Crippen LogP contribution in [0.4, 0.5) is 0 Å². The Labute approximate surface area is 145 Å². The number of aromatic nitrogens is 2. The Kier molecular flexibility index (Phi) is 3.92. The van der Waals surface area contributed by atoms with Crippen molar-refractivity contribution in [2.75, 3.05) is 18.8 Å². The molecule has 4 heterocycles. The highest BCUT2D eigenvalue weighted by Gasteiger charge is 2.51. The van der Waals surface area contributed by atoms with Crippen LogP contribution in [0.2, 0.25) is 0 Å². The molecule has 2 fully saturated rings. The third-order valence-corrected chi connectivity index (χ3v) is 6.06. The number of likely N-dealkylation sites (tertiary alicyclic amines) is 1. The van der Waals surface area contributed by atoms with Crippen LogP contribution in [0.3, 0.4) is 0 Å². The molecule has 0 N–H and O–H groups in total. The lowest BCUT2D eigenvalue weighted by atomic mass is 9.92. The molecule has 4 rings (SSSR count). The molecule has 2 aromatic rings.